The number of likely N-dealkylation sites (N-methyl/N-ethyl adjacent to an activating group) is 1. The van der Waals surface area contributed by atoms with E-state index in [1.165, 1.54) is 13.0 Å². The van der Waals surface area contributed by atoms with Crippen molar-refractivity contribution in [2.24, 2.45) is 0 Å². The summed E-state index contributed by atoms with van der Waals surface area (Å²) >= 11 is 0. The van der Waals surface area contributed by atoms with Crippen LogP contribution in [0, 0.1) is 0 Å². The zero-order chi connectivity index (χ0) is 9.80. The van der Waals surface area contributed by atoms with Crippen molar-refractivity contribution in [1.82, 2.24) is 25.2 Å². The van der Waals surface area contributed by atoms with E-state index in [0.29, 0.717) is 6.04 Å². The van der Waals surface area contributed by atoms with Gasteiger partial charge in [-0.1, -0.05) is 5.21 Å². The van der Waals surface area contributed by atoms with E-state index >= 15 is 0 Å². The van der Waals surface area contributed by atoms with Crippen LogP contribution in [0.25, 0.3) is 0 Å². The first-order valence-electron chi connectivity index (χ1n) is 5.10. The highest BCUT2D eigenvalue weighted by Gasteiger charge is 2.17. The van der Waals surface area contributed by atoms with E-state index in [0.717, 1.165) is 19.6 Å². The maximum atomic E-state index is 3.91. The Morgan fingerprint density at radius 3 is 3.14 bits per heavy atom. The van der Waals surface area contributed by atoms with Gasteiger partial charge < -0.3 is 10.2 Å². The maximum Gasteiger partial charge on any atom is 0.0692 e. The predicted octanol–water partition coefficient (Wildman–Crippen LogP) is -0.428. The molecule has 1 atom stereocenters. The average Bonchev–Trinajstić information content (AvgIpc) is 2.77. The van der Waals surface area contributed by atoms with Crippen molar-refractivity contribution in [2.75, 3.05) is 26.7 Å². The predicted molar refractivity (Wildman–Crippen MR) is 53.9 cm³/mol. The number of nitrogens with zero attached hydrogens (tertiary/aromatic N) is 4. The first-order chi connectivity index (χ1) is 6.84. The average molecular weight is 195 g/mol. The van der Waals surface area contributed by atoms with Crippen molar-refractivity contribution in [1.29, 1.82) is 0 Å². The maximum absolute atomic E-state index is 3.91. The molecule has 5 heteroatoms. The summed E-state index contributed by atoms with van der Waals surface area (Å²) < 4.78 is 1.85. The monoisotopic (exact) mass is 195 g/mol. The van der Waals surface area contributed by atoms with Crippen molar-refractivity contribution in [2.45, 2.75) is 19.0 Å². The minimum absolute atomic E-state index is 0.656. The fourth-order valence-electron chi connectivity index (χ4n) is 1.84. The molecule has 0 aliphatic carbocycles. The molecule has 5 nitrogen and oxygen atoms in total. The molecule has 0 radical (unpaired) electrons. The van der Waals surface area contributed by atoms with Crippen LogP contribution in [0.15, 0.2) is 12.4 Å². The standard InChI is InChI=1S/C9H17N5/c1-13-5-2-9(8-13)10-3-6-14-7-4-11-12-14/h4,7,9-10H,2-3,5-6,8H2,1H3. The first-order valence-corrected chi connectivity index (χ1v) is 5.10. The van der Waals surface area contributed by atoms with E-state index < -0.39 is 0 Å². The van der Waals surface area contributed by atoms with Gasteiger partial charge in [0.25, 0.3) is 0 Å². The number of likely N-dealkylation sites (tertiary alicyclic amines) is 1. The lowest BCUT2D eigenvalue weighted by molar-refractivity contribution is 0.394. The Morgan fingerprint density at radius 1 is 1.57 bits per heavy atom. The van der Waals surface area contributed by atoms with Gasteiger partial charge in [-0.3, -0.25) is 4.68 Å². The van der Waals surface area contributed by atoms with Gasteiger partial charge in [-0.05, 0) is 20.0 Å². The zero-order valence-corrected chi connectivity index (χ0v) is 8.56. The van der Waals surface area contributed by atoms with Crippen LogP contribution >= 0.6 is 0 Å². The van der Waals surface area contributed by atoms with E-state index in [1.54, 1.807) is 6.20 Å². The van der Waals surface area contributed by atoms with Gasteiger partial charge in [0, 0.05) is 25.3 Å². The highest BCUT2D eigenvalue weighted by atomic mass is 15.4. The van der Waals surface area contributed by atoms with Gasteiger partial charge in [0.05, 0.1) is 12.7 Å². The van der Waals surface area contributed by atoms with Crippen LogP contribution in [0.4, 0.5) is 0 Å². The molecule has 1 aromatic rings. The Balaban J connectivity index is 1.64. The van der Waals surface area contributed by atoms with E-state index in [9.17, 15) is 0 Å². The molecular weight excluding hydrogens is 178 g/mol. The Morgan fingerprint density at radius 2 is 2.50 bits per heavy atom. The quantitative estimate of drug-likeness (QED) is 0.708. The fourth-order valence-corrected chi connectivity index (χ4v) is 1.84. The highest BCUT2D eigenvalue weighted by molar-refractivity contribution is 4.78. The van der Waals surface area contributed by atoms with Gasteiger partial charge in [0.15, 0.2) is 0 Å². The molecule has 1 N–H and O–H groups in total. The molecular formula is C9H17N5. The highest BCUT2D eigenvalue weighted by Crippen LogP contribution is 2.05. The molecule has 0 aromatic carbocycles. The minimum Gasteiger partial charge on any atom is -0.311 e. The second kappa shape index (κ2) is 4.52. The van der Waals surface area contributed by atoms with Crippen molar-refractivity contribution in [3.63, 3.8) is 0 Å². The molecule has 2 heterocycles. The largest absolute Gasteiger partial charge is 0.311 e. The molecule has 1 aromatic heterocycles. The van der Waals surface area contributed by atoms with Gasteiger partial charge in [0.2, 0.25) is 0 Å². The second-order valence-corrected chi connectivity index (χ2v) is 3.87. The van der Waals surface area contributed by atoms with Crippen molar-refractivity contribution >= 4 is 0 Å². The minimum atomic E-state index is 0.656. The van der Waals surface area contributed by atoms with Crippen molar-refractivity contribution in [3.05, 3.63) is 12.4 Å². The summed E-state index contributed by atoms with van der Waals surface area (Å²) in [6, 6.07) is 0.656. The van der Waals surface area contributed by atoms with Crippen LogP contribution in [0.2, 0.25) is 0 Å². The SMILES string of the molecule is CN1CCC(NCCn2ccnn2)C1. The normalized spacial score (nSPS) is 23.1. The molecule has 1 aliphatic heterocycles. The number of hydrogen-bond donors (Lipinski definition) is 1. The number of nitrogens with one attached hydrogen (secondary N) is 1. The molecule has 78 valence electrons. The lowest BCUT2D eigenvalue weighted by atomic mass is 10.2. The van der Waals surface area contributed by atoms with Crippen LogP contribution in [0.1, 0.15) is 6.42 Å². The van der Waals surface area contributed by atoms with E-state index in [2.05, 4.69) is 27.6 Å². The van der Waals surface area contributed by atoms with Crippen LogP contribution in [-0.4, -0.2) is 52.6 Å². The smallest absolute Gasteiger partial charge is 0.0692 e. The topological polar surface area (TPSA) is 46.0 Å². The molecule has 1 saturated heterocycles. The summed E-state index contributed by atoms with van der Waals surface area (Å²) in [5, 5.41) is 11.2. The zero-order valence-electron chi connectivity index (χ0n) is 8.56. The Labute approximate surface area is 84.1 Å². The number of aromatic nitrogens is 3. The summed E-state index contributed by atoms with van der Waals surface area (Å²) in [5.41, 5.74) is 0. The third kappa shape index (κ3) is 2.52. The lowest BCUT2D eigenvalue weighted by Gasteiger charge is -2.12. The second-order valence-electron chi connectivity index (χ2n) is 3.87. The van der Waals surface area contributed by atoms with E-state index in [4.69, 9.17) is 0 Å². The Bertz CT molecular complexity index is 258. The van der Waals surface area contributed by atoms with Crippen molar-refractivity contribution < 1.29 is 0 Å². The summed E-state index contributed by atoms with van der Waals surface area (Å²) in [6.07, 6.45) is 4.86. The summed E-state index contributed by atoms with van der Waals surface area (Å²) in [4.78, 5) is 2.35. The van der Waals surface area contributed by atoms with E-state index in [-0.39, 0.29) is 0 Å². The molecule has 0 amide bonds. The first kappa shape index (κ1) is 9.61. The van der Waals surface area contributed by atoms with E-state index in [1.807, 2.05) is 10.9 Å². The molecule has 0 bridgehead atoms. The molecule has 2 rings (SSSR count). The lowest BCUT2D eigenvalue weighted by Crippen LogP contribution is -2.33. The fraction of sp³-hybridized carbons (Fsp3) is 0.778. The third-order valence-electron chi connectivity index (χ3n) is 2.64. The van der Waals surface area contributed by atoms with Gasteiger partial charge >= 0.3 is 0 Å². The van der Waals surface area contributed by atoms with Gasteiger partial charge in [-0.15, -0.1) is 5.10 Å². The van der Waals surface area contributed by atoms with Crippen LogP contribution in [0.3, 0.4) is 0 Å². The van der Waals surface area contributed by atoms with Crippen LogP contribution in [-0.2, 0) is 6.54 Å². The Kier molecular flexibility index (Phi) is 3.10. The van der Waals surface area contributed by atoms with Crippen LogP contribution in [0.5, 0.6) is 0 Å². The third-order valence-corrected chi connectivity index (χ3v) is 2.64. The molecule has 14 heavy (non-hydrogen) atoms. The summed E-state index contributed by atoms with van der Waals surface area (Å²) in [6.45, 7) is 4.25. The van der Waals surface area contributed by atoms with Gasteiger partial charge in [-0.25, -0.2) is 0 Å². The summed E-state index contributed by atoms with van der Waals surface area (Å²) in [7, 11) is 2.17. The van der Waals surface area contributed by atoms with Crippen LogP contribution < -0.4 is 5.32 Å². The molecule has 1 fully saturated rings. The molecule has 1 aliphatic rings. The summed E-state index contributed by atoms with van der Waals surface area (Å²) in [5.74, 6) is 0. The van der Waals surface area contributed by atoms with Crippen molar-refractivity contribution in [3.8, 4) is 0 Å². The number of hydrogen-bond acceptors (Lipinski definition) is 4. The number of rotatable bonds is 4. The van der Waals surface area contributed by atoms with Gasteiger partial charge in [-0.2, -0.15) is 0 Å². The molecule has 0 saturated carbocycles. The molecule has 0 spiro atoms. The Hall–Kier alpha value is -0.940. The van der Waals surface area contributed by atoms with Gasteiger partial charge in [0.1, 0.15) is 0 Å². The molecule has 1 unspecified atom stereocenters.